The van der Waals surface area contributed by atoms with E-state index in [1.165, 1.54) is 0 Å². The van der Waals surface area contributed by atoms with Gasteiger partial charge in [-0.05, 0) is 25.0 Å². The first-order chi connectivity index (χ1) is 9.45. The molecule has 4 nitrogen and oxygen atoms in total. The molecule has 0 spiro atoms. The topological polar surface area (TPSA) is 28.1 Å². The highest BCUT2D eigenvalue weighted by molar-refractivity contribution is 14.0. The molecule has 1 rings (SSSR count). The van der Waals surface area contributed by atoms with Crippen molar-refractivity contribution in [3.05, 3.63) is 29.8 Å². The summed E-state index contributed by atoms with van der Waals surface area (Å²) in [6, 6.07) is 8.11. The van der Waals surface area contributed by atoms with E-state index in [9.17, 15) is 0 Å². The van der Waals surface area contributed by atoms with Gasteiger partial charge in [-0.15, -0.1) is 24.0 Å². The van der Waals surface area contributed by atoms with Gasteiger partial charge in [0, 0.05) is 28.2 Å². The fraction of sp³-hybridized carbons (Fsp3) is 0.562. The third-order valence-corrected chi connectivity index (χ3v) is 3.08. The Morgan fingerprint density at radius 1 is 1.14 bits per heavy atom. The second-order valence-corrected chi connectivity index (χ2v) is 5.34. The largest absolute Gasteiger partial charge is 0.488 e. The Morgan fingerprint density at radius 3 is 2.19 bits per heavy atom. The number of hydrogen-bond acceptors (Lipinski definition) is 2. The Hall–Kier alpha value is -0.980. The first-order valence-electron chi connectivity index (χ1n) is 7.07. The fourth-order valence-electron chi connectivity index (χ4n) is 1.98. The van der Waals surface area contributed by atoms with Crippen LogP contribution in [0.5, 0.6) is 5.75 Å². The van der Waals surface area contributed by atoms with Crippen molar-refractivity contribution in [1.82, 2.24) is 9.80 Å². The quantitative estimate of drug-likeness (QED) is 0.428. The minimum atomic E-state index is 0. The van der Waals surface area contributed by atoms with Crippen LogP contribution in [0.1, 0.15) is 18.9 Å². The summed E-state index contributed by atoms with van der Waals surface area (Å²) < 4.78 is 6.06. The van der Waals surface area contributed by atoms with Gasteiger partial charge in [-0.25, -0.2) is 4.99 Å². The molecule has 0 saturated carbocycles. The van der Waals surface area contributed by atoms with Gasteiger partial charge in [0.2, 0.25) is 0 Å². The number of benzene rings is 1. The lowest BCUT2D eigenvalue weighted by Gasteiger charge is -2.24. The average Bonchev–Trinajstić information content (AvgIpc) is 2.39. The summed E-state index contributed by atoms with van der Waals surface area (Å²) in [4.78, 5) is 8.69. The van der Waals surface area contributed by atoms with E-state index >= 15 is 0 Å². The summed E-state index contributed by atoms with van der Waals surface area (Å²) in [6.07, 6.45) is 1.04. The normalized spacial score (nSPS) is 11.1. The SMILES string of the molecule is CCC(CN=C(N(C)C)N(C)C)Oc1ccccc1C.I. The molecule has 21 heavy (non-hydrogen) atoms. The van der Waals surface area contributed by atoms with Gasteiger partial charge in [0.25, 0.3) is 0 Å². The number of hydrogen-bond donors (Lipinski definition) is 0. The second-order valence-electron chi connectivity index (χ2n) is 5.34. The van der Waals surface area contributed by atoms with E-state index in [0.717, 1.165) is 23.7 Å². The molecule has 0 heterocycles. The second kappa shape index (κ2) is 9.87. The number of rotatable bonds is 5. The monoisotopic (exact) mass is 405 g/mol. The first-order valence-corrected chi connectivity index (χ1v) is 7.07. The Kier molecular flexibility index (Phi) is 9.41. The van der Waals surface area contributed by atoms with Crippen LogP contribution in [0.3, 0.4) is 0 Å². The highest BCUT2D eigenvalue weighted by atomic mass is 127. The molecule has 0 amide bonds. The molecular weight excluding hydrogens is 377 g/mol. The van der Waals surface area contributed by atoms with Gasteiger partial charge in [0.1, 0.15) is 11.9 Å². The van der Waals surface area contributed by atoms with Crippen molar-refractivity contribution in [2.75, 3.05) is 34.7 Å². The van der Waals surface area contributed by atoms with Crippen LogP contribution in [0.25, 0.3) is 0 Å². The van der Waals surface area contributed by atoms with Crippen LogP contribution in [-0.2, 0) is 0 Å². The maximum absolute atomic E-state index is 6.06. The van der Waals surface area contributed by atoms with E-state index in [1.807, 2.05) is 56.2 Å². The lowest BCUT2D eigenvalue weighted by Crippen LogP contribution is -2.36. The number of ether oxygens (including phenoxy) is 1. The summed E-state index contributed by atoms with van der Waals surface area (Å²) in [7, 11) is 8.01. The van der Waals surface area contributed by atoms with Crippen molar-refractivity contribution in [3.63, 3.8) is 0 Å². The molecule has 1 unspecified atom stereocenters. The Morgan fingerprint density at radius 2 is 1.71 bits per heavy atom. The van der Waals surface area contributed by atoms with Crippen molar-refractivity contribution in [2.24, 2.45) is 4.99 Å². The maximum atomic E-state index is 6.06. The van der Waals surface area contributed by atoms with Crippen molar-refractivity contribution >= 4 is 29.9 Å². The number of guanidine groups is 1. The molecule has 0 aliphatic rings. The van der Waals surface area contributed by atoms with Gasteiger partial charge >= 0.3 is 0 Å². The predicted octanol–water partition coefficient (Wildman–Crippen LogP) is 3.25. The molecule has 0 N–H and O–H groups in total. The van der Waals surface area contributed by atoms with Crippen LogP contribution in [-0.4, -0.2) is 56.6 Å². The third kappa shape index (κ3) is 6.54. The van der Waals surface area contributed by atoms with Crippen LogP contribution in [0, 0.1) is 6.92 Å². The molecule has 1 aromatic carbocycles. The van der Waals surface area contributed by atoms with Gasteiger partial charge in [-0.3, -0.25) is 0 Å². The fourth-order valence-corrected chi connectivity index (χ4v) is 1.98. The Bertz CT molecular complexity index is 437. The van der Waals surface area contributed by atoms with Gasteiger partial charge in [-0.2, -0.15) is 0 Å². The van der Waals surface area contributed by atoms with Crippen molar-refractivity contribution in [2.45, 2.75) is 26.4 Å². The van der Waals surface area contributed by atoms with Crippen LogP contribution in [0.4, 0.5) is 0 Å². The standard InChI is InChI=1S/C16H27N3O.HI/c1-7-14(12-17-16(18(3)4)19(5)6)20-15-11-9-8-10-13(15)2;/h8-11,14H,7,12H2,1-6H3;1H. The van der Waals surface area contributed by atoms with Gasteiger partial charge in [0.15, 0.2) is 5.96 Å². The average molecular weight is 405 g/mol. The zero-order chi connectivity index (χ0) is 15.1. The highest BCUT2D eigenvalue weighted by Crippen LogP contribution is 2.18. The minimum absolute atomic E-state index is 0. The predicted molar refractivity (Wildman–Crippen MR) is 101 cm³/mol. The molecule has 0 aliphatic carbocycles. The smallest absolute Gasteiger partial charge is 0.195 e. The zero-order valence-electron chi connectivity index (χ0n) is 14.0. The van der Waals surface area contributed by atoms with E-state index in [2.05, 4.69) is 24.9 Å². The summed E-state index contributed by atoms with van der Waals surface area (Å²) in [6.45, 7) is 4.86. The number of nitrogens with zero attached hydrogens (tertiary/aromatic N) is 3. The van der Waals surface area contributed by atoms with Crippen LogP contribution >= 0.6 is 24.0 Å². The molecule has 0 aliphatic heterocycles. The Balaban J connectivity index is 0.00000400. The van der Waals surface area contributed by atoms with Crippen molar-refractivity contribution in [3.8, 4) is 5.75 Å². The first kappa shape index (κ1) is 20.0. The molecule has 0 saturated heterocycles. The number of aliphatic imine (C=N–C) groups is 1. The van der Waals surface area contributed by atoms with Crippen LogP contribution < -0.4 is 4.74 Å². The molecule has 0 fully saturated rings. The van der Waals surface area contributed by atoms with Crippen molar-refractivity contribution < 1.29 is 4.74 Å². The van der Waals surface area contributed by atoms with Crippen LogP contribution in [0.2, 0.25) is 0 Å². The molecule has 0 bridgehead atoms. The lowest BCUT2D eigenvalue weighted by atomic mass is 10.2. The van der Waals surface area contributed by atoms with E-state index in [1.54, 1.807) is 0 Å². The van der Waals surface area contributed by atoms with Crippen molar-refractivity contribution in [1.29, 1.82) is 0 Å². The molecule has 120 valence electrons. The number of para-hydroxylation sites is 1. The lowest BCUT2D eigenvalue weighted by molar-refractivity contribution is 0.203. The van der Waals surface area contributed by atoms with E-state index < -0.39 is 0 Å². The molecule has 0 radical (unpaired) electrons. The zero-order valence-corrected chi connectivity index (χ0v) is 16.3. The summed E-state index contributed by atoms with van der Waals surface area (Å²) in [5.41, 5.74) is 1.16. The van der Waals surface area contributed by atoms with Crippen LogP contribution in [0.15, 0.2) is 29.3 Å². The molecule has 5 heteroatoms. The summed E-state index contributed by atoms with van der Waals surface area (Å²) in [5.74, 6) is 1.91. The van der Waals surface area contributed by atoms with Gasteiger partial charge < -0.3 is 14.5 Å². The minimum Gasteiger partial charge on any atom is -0.488 e. The van der Waals surface area contributed by atoms with E-state index in [-0.39, 0.29) is 30.1 Å². The summed E-state index contributed by atoms with van der Waals surface area (Å²) in [5, 5.41) is 0. The molecule has 0 aromatic heterocycles. The van der Waals surface area contributed by atoms with E-state index in [0.29, 0.717) is 6.54 Å². The summed E-state index contributed by atoms with van der Waals surface area (Å²) >= 11 is 0. The maximum Gasteiger partial charge on any atom is 0.195 e. The molecular formula is C16H28IN3O. The third-order valence-electron chi connectivity index (χ3n) is 3.08. The molecule has 1 aromatic rings. The highest BCUT2D eigenvalue weighted by Gasteiger charge is 2.11. The number of aryl methyl sites for hydroxylation is 1. The van der Waals surface area contributed by atoms with E-state index in [4.69, 9.17) is 4.74 Å². The van der Waals surface area contributed by atoms with Gasteiger partial charge in [-0.1, -0.05) is 25.1 Å². The molecule has 1 atom stereocenters. The Labute approximate surface area is 146 Å². The number of halogens is 1. The van der Waals surface area contributed by atoms with Gasteiger partial charge in [0.05, 0.1) is 6.54 Å².